The number of hydrogen-bond donors (Lipinski definition) is 5. The van der Waals surface area contributed by atoms with Crippen molar-refractivity contribution < 1.29 is 9.90 Å². The summed E-state index contributed by atoms with van der Waals surface area (Å²) >= 11 is 3.48. The maximum absolute atomic E-state index is 12.6. The van der Waals surface area contributed by atoms with Crippen LogP contribution in [0.1, 0.15) is 11.1 Å². The SMILES string of the molecule is NC(Cc1ccccc1)C(=O)Nc1cccc(Nc2ncc(Br)c(NCCc3cccc(O)c3)n2)c1. The Bertz CT molecular complexity index is 1320. The summed E-state index contributed by atoms with van der Waals surface area (Å²) in [6.45, 7) is 0.628. The summed E-state index contributed by atoms with van der Waals surface area (Å²) in [5.74, 6) is 1.04. The highest BCUT2D eigenvalue weighted by Crippen LogP contribution is 2.23. The molecule has 0 aliphatic heterocycles. The molecule has 0 aliphatic carbocycles. The molecule has 0 radical (unpaired) electrons. The molecule has 6 N–H and O–H groups in total. The summed E-state index contributed by atoms with van der Waals surface area (Å²) in [4.78, 5) is 21.5. The summed E-state index contributed by atoms with van der Waals surface area (Å²) in [5.41, 5.74) is 9.47. The molecule has 1 amide bonds. The van der Waals surface area contributed by atoms with Crippen LogP contribution in [0.4, 0.5) is 23.1 Å². The number of nitrogens with two attached hydrogens (primary N) is 1. The van der Waals surface area contributed by atoms with Gasteiger partial charge in [-0.1, -0.05) is 48.5 Å². The van der Waals surface area contributed by atoms with Gasteiger partial charge in [0.1, 0.15) is 11.6 Å². The second kappa shape index (κ2) is 12.1. The number of hydrogen-bond acceptors (Lipinski definition) is 7. The van der Waals surface area contributed by atoms with Gasteiger partial charge in [-0.15, -0.1) is 0 Å². The number of phenolic OH excluding ortho intramolecular Hbond substituents is 1. The van der Waals surface area contributed by atoms with E-state index in [2.05, 4.69) is 41.8 Å². The number of carbonyl (C=O) groups is 1. The first kappa shape index (κ1) is 25.2. The number of carbonyl (C=O) groups excluding carboxylic acids is 1. The Morgan fingerprint density at radius 2 is 1.72 bits per heavy atom. The predicted octanol–water partition coefficient (Wildman–Crippen LogP) is 4.85. The van der Waals surface area contributed by atoms with Crippen LogP contribution >= 0.6 is 15.9 Å². The average molecular weight is 547 g/mol. The molecule has 1 aromatic heterocycles. The van der Waals surface area contributed by atoms with Crippen molar-refractivity contribution >= 4 is 45.0 Å². The zero-order chi connectivity index (χ0) is 25.3. The van der Waals surface area contributed by atoms with E-state index in [4.69, 9.17) is 5.73 Å². The normalized spacial score (nSPS) is 11.5. The Balaban J connectivity index is 1.35. The lowest BCUT2D eigenvalue weighted by Gasteiger charge is -2.14. The molecule has 1 atom stereocenters. The van der Waals surface area contributed by atoms with Crippen molar-refractivity contribution in [3.63, 3.8) is 0 Å². The second-order valence-corrected chi connectivity index (χ2v) is 9.08. The van der Waals surface area contributed by atoms with Crippen LogP contribution in [0.15, 0.2) is 89.5 Å². The fourth-order valence-corrected chi connectivity index (χ4v) is 3.92. The first-order valence-corrected chi connectivity index (χ1v) is 12.3. The Kier molecular flexibility index (Phi) is 8.48. The monoisotopic (exact) mass is 546 g/mol. The van der Waals surface area contributed by atoms with Gasteiger partial charge in [0.15, 0.2) is 0 Å². The molecule has 9 heteroatoms. The zero-order valence-electron chi connectivity index (χ0n) is 19.5. The van der Waals surface area contributed by atoms with E-state index in [1.54, 1.807) is 30.5 Å². The van der Waals surface area contributed by atoms with Crippen molar-refractivity contribution in [3.05, 3.63) is 101 Å². The van der Waals surface area contributed by atoms with Crippen molar-refractivity contribution in [2.75, 3.05) is 22.5 Å². The van der Waals surface area contributed by atoms with Gasteiger partial charge < -0.3 is 26.8 Å². The number of anilines is 4. The van der Waals surface area contributed by atoms with Crippen LogP contribution in [-0.4, -0.2) is 33.6 Å². The van der Waals surface area contributed by atoms with Crippen molar-refractivity contribution in [1.82, 2.24) is 9.97 Å². The Hall–Kier alpha value is -3.95. The summed E-state index contributed by atoms with van der Waals surface area (Å²) < 4.78 is 0.734. The molecule has 4 aromatic rings. The molecule has 0 spiro atoms. The minimum absolute atomic E-state index is 0.249. The third-order valence-electron chi connectivity index (χ3n) is 5.38. The Labute approximate surface area is 218 Å². The standard InChI is InChI=1S/C27H27BrN6O2/c28-23-17-31-27(34-25(23)30-13-12-19-8-4-11-22(35)14-19)33-21-10-5-9-20(16-21)32-26(36)24(29)15-18-6-2-1-3-7-18/h1-11,14,16-17,24,35H,12-13,15,29H2,(H,32,36)(H2,30,31,33,34). The number of nitrogens with one attached hydrogen (secondary N) is 3. The van der Waals surface area contributed by atoms with Crippen LogP contribution in [0.25, 0.3) is 0 Å². The molecule has 4 rings (SSSR count). The fourth-order valence-electron chi connectivity index (χ4n) is 3.59. The minimum atomic E-state index is -0.660. The predicted molar refractivity (Wildman–Crippen MR) is 147 cm³/mol. The van der Waals surface area contributed by atoms with Gasteiger partial charge in [0.25, 0.3) is 0 Å². The van der Waals surface area contributed by atoms with Gasteiger partial charge in [0, 0.05) is 24.1 Å². The van der Waals surface area contributed by atoms with Gasteiger partial charge in [-0.3, -0.25) is 4.79 Å². The zero-order valence-corrected chi connectivity index (χ0v) is 21.1. The van der Waals surface area contributed by atoms with E-state index in [0.717, 1.165) is 27.7 Å². The molecule has 8 nitrogen and oxygen atoms in total. The quantitative estimate of drug-likeness (QED) is 0.192. The molecule has 1 unspecified atom stereocenters. The van der Waals surface area contributed by atoms with Gasteiger partial charge in [-0.25, -0.2) is 4.98 Å². The van der Waals surface area contributed by atoms with Crippen molar-refractivity contribution in [2.45, 2.75) is 18.9 Å². The van der Waals surface area contributed by atoms with Crippen LogP contribution in [0, 0.1) is 0 Å². The maximum atomic E-state index is 12.6. The highest BCUT2D eigenvalue weighted by atomic mass is 79.9. The minimum Gasteiger partial charge on any atom is -0.508 e. The average Bonchev–Trinajstić information content (AvgIpc) is 2.87. The Morgan fingerprint density at radius 3 is 2.53 bits per heavy atom. The van der Waals surface area contributed by atoms with E-state index in [0.29, 0.717) is 30.4 Å². The molecule has 0 bridgehead atoms. The van der Waals surface area contributed by atoms with Crippen LogP contribution in [0.5, 0.6) is 5.75 Å². The van der Waals surface area contributed by atoms with E-state index in [-0.39, 0.29) is 11.7 Å². The summed E-state index contributed by atoms with van der Waals surface area (Å²) in [6, 6.07) is 23.5. The first-order chi connectivity index (χ1) is 17.5. The maximum Gasteiger partial charge on any atom is 0.241 e. The molecule has 0 aliphatic rings. The summed E-state index contributed by atoms with van der Waals surface area (Å²) in [6.07, 6.45) is 2.85. The largest absolute Gasteiger partial charge is 0.508 e. The van der Waals surface area contributed by atoms with E-state index in [9.17, 15) is 9.90 Å². The van der Waals surface area contributed by atoms with Crippen LogP contribution < -0.4 is 21.7 Å². The lowest BCUT2D eigenvalue weighted by Crippen LogP contribution is -2.37. The third kappa shape index (κ3) is 7.27. The second-order valence-electron chi connectivity index (χ2n) is 8.23. The highest BCUT2D eigenvalue weighted by molar-refractivity contribution is 9.10. The van der Waals surface area contributed by atoms with Gasteiger partial charge in [-0.2, -0.15) is 4.98 Å². The van der Waals surface area contributed by atoms with Crippen molar-refractivity contribution in [1.29, 1.82) is 0 Å². The molecule has 0 saturated heterocycles. The molecule has 184 valence electrons. The van der Waals surface area contributed by atoms with Gasteiger partial charge >= 0.3 is 0 Å². The number of aromatic nitrogens is 2. The van der Waals surface area contributed by atoms with E-state index in [1.807, 2.05) is 54.6 Å². The van der Waals surface area contributed by atoms with Gasteiger partial charge in [-0.05, 0) is 70.2 Å². The lowest BCUT2D eigenvalue weighted by molar-refractivity contribution is -0.117. The number of rotatable bonds is 10. The van der Waals surface area contributed by atoms with E-state index >= 15 is 0 Å². The van der Waals surface area contributed by atoms with Crippen molar-refractivity contribution in [3.8, 4) is 5.75 Å². The number of benzene rings is 3. The molecule has 0 saturated carbocycles. The van der Waals surface area contributed by atoms with Crippen LogP contribution in [-0.2, 0) is 17.6 Å². The number of amides is 1. The molecule has 3 aromatic carbocycles. The van der Waals surface area contributed by atoms with E-state index < -0.39 is 6.04 Å². The van der Waals surface area contributed by atoms with Crippen molar-refractivity contribution in [2.24, 2.45) is 5.73 Å². The molecule has 0 fully saturated rings. The lowest BCUT2D eigenvalue weighted by atomic mass is 10.1. The van der Waals surface area contributed by atoms with Gasteiger partial charge in [0.2, 0.25) is 11.9 Å². The first-order valence-electron chi connectivity index (χ1n) is 11.5. The molecular weight excluding hydrogens is 520 g/mol. The highest BCUT2D eigenvalue weighted by Gasteiger charge is 2.14. The number of aromatic hydroxyl groups is 1. The van der Waals surface area contributed by atoms with Gasteiger partial charge in [0.05, 0.1) is 10.5 Å². The molecule has 1 heterocycles. The van der Waals surface area contributed by atoms with Crippen LogP contribution in [0.2, 0.25) is 0 Å². The number of halogens is 1. The fraction of sp³-hybridized carbons (Fsp3) is 0.148. The number of nitrogens with zero attached hydrogens (tertiary/aromatic N) is 2. The molecule has 36 heavy (non-hydrogen) atoms. The Morgan fingerprint density at radius 1 is 0.972 bits per heavy atom. The third-order valence-corrected chi connectivity index (χ3v) is 5.96. The topological polar surface area (TPSA) is 125 Å². The molecular formula is C27H27BrN6O2. The van der Waals surface area contributed by atoms with E-state index in [1.165, 1.54) is 0 Å². The number of phenols is 1. The smallest absolute Gasteiger partial charge is 0.241 e. The summed E-state index contributed by atoms with van der Waals surface area (Å²) in [5, 5.41) is 18.9. The summed E-state index contributed by atoms with van der Waals surface area (Å²) in [7, 11) is 0. The van der Waals surface area contributed by atoms with Crippen LogP contribution in [0.3, 0.4) is 0 Å².